The molecule has 0 saturated heterocycles. The van der Waals surface area contributed by atoms with Gasteiger partial charge in [-0.2, -0.15) is 28.5 Å². The third-order valence-corrected chi connectivity index (χ3v) is 2.82. The summed E-state index contributed by atoms with van der Waals surface area (Å²) in [5.74, 6) is 0.471. The number of hydrogen-bond donors (Lipinski definition) is 2. The van der Waals surface area contributed by atoms with Gasteiger partial charge in [0.2, 0.25) is 5.95 Å². The zero-order chi connectivity index (χ0) is 16.3. The monoisotopic (exact) mass is 311 g/mol. The molecule has 7 nitrogen and oxygen atoms in total. The Labute approximate surface area is 123 Å². The number of anilines is 3. The van der Waals surface area contributed by atoms with Crippen LogP contribution in [-0.2, 0) is 6.54 Å². The highest BCUT2D eigenvalue weighted by Gasteiger charge is 2.29. The first kappa shape index (κ1) is 15.6. The second kappa shape index (κ2) is 5.88. The Hall–Kier alpha value is -2.83. The topological polar surface area (TPSA) is 91.4 Å². The lowest BCUT2D eigenvalue weighted by Gasteiger charge is -2.09. The van der Waals surface area contributed by atoms with Gasteiger partial charge in [0.1, 0.15) is 24.0 Å². The van der Waals surface area contributed by atoms with Crippen LogP contribution in [0.1, 0.15) is 11.3 Å². The van der Waals surface area contributed by atoms with Crippen molar-refractivity contribution >= 4 is 17.5 Å². The normalized spacial score (nSPS) is 11.1. The molecule has 0 atom stereocenters. The van der Waals surface area contributed by atoms with E-state index in [1.165, 1.54) is 19.3 Å². The Morgan fingerprint density at radius 3 is 2.68 bits per heavy atom. The van der Waals surface area contributed by atoms with Crippen molar-refractivity contribution in [2.45, 2.75) is 19.6 Å². The van der Waals surface area contributed by atoms with Gasteiger partial charge in [-0.15, -0.1) is 0 Å². The minimum Gasteiger partial charge on any atom is -0.372 e. The number of nitriles is 1. The Bertz CT molecular complexity index is 714. The van der Waals surface area contributed by atoms with E-state index in [0.717, 1.165) is 4.68 Å². The van der Waals surface area contributed by atoms with Crippen molar-refractivity contribution < 1.29 is 13.2 Å². The standard InChI is InChI=1S/C12H12F3N7/c1-7-9(5-19-22(7)6-12(13,14)15)20-11-18-4-8(3-16)10(17-2)21-11/h4-5H,6H2,1-2H3,(H2,17,18,20,21). The highest BCUT2D eigenvalue weighted by Crippen LogP contribution is 2.23. The Balaban J connectivity index is 2.23. The predicted molar refractivity (Wildman–Crippen MR) is 72.6 cm³/mol. The van der Waals surface area contributed by atoms with Gasteiger partial charge in [-0.3, -0.25) is 4.68 Å². The molecule has 0 aliphatic carbocycles. The number of nitrogens with one attached hydrogen (secondary N) is 2. The summed E-state index contributed by atoms with van der Waals surface area (Å²) >= 11 is 0. The molecule has 0 fully saturated rings. The number of halogens is 3. The van der Waals surface area contributed by atoms with Crippen LogP contribution in [0.4, 0.5) is 30.6 Å². The van der Waals surface area contributed by atoms with Gasteiger partial charge in [-0.1, -0.05) is 0 Å². The summed E-state index contributed by atoms with van der Waals surface area (Å²) in [6.45, 7) is 0.334. The van der Waals surface area contributed by atoms with Crippen LogP contribution in [0.15, 0.2) is 12.4 Å². The predicted octanol–water partition coefficient (Wildman–Crippen LogP) is 2.20. The van der Waals surface area contributed by atoms with E-state index in [0.29, 0.717) is 17.2 Å². The largest absolute Gasteiger partial charge is 0.408 e. The van der Waals surface area contributed by atoms with Crippen molar-refractivity contribution in [2.75, 3.05) is 17.7 Å². The molecule has 2 N–H and O–H groups in total. The summed E-state index contributed by atoms with van der Waals surface area (Å²) in [6.07, 6.45) is -1.77. The Morgan fingerprint density at radius 1 is 1.36 bits per heavy atom. The van der Waals surface area contributed by atoms with Gasteiger partial charge in [0, 0.05) is 7.05 Å². The minimum atomic E-state index is -4.35. The fourth-order valence-electron chi connectivity index (χ4n) is 1.73. The van der Waals surface area contributed by atoms with Crippen molar-refractivity contribution in [3.63, 3.8) is 0 Å². The van der Waals surface area contributed by atoms with Gasteiger partial charge in [-0.25, -0.2) is 4.98 Å². The molecule has 0 amide bonds. The molecule has 2 heterocycles. The van der Waals surface area contributed by atoms with E-state index in [1.54, 1.807) is 7.05 Å². The van der Waals surface area contributed by atoms with Crippen LogP contribution in [0.3, 0.4) is 0 Å². The zero-order valence-corrected chi connectivity index (χ0v) is 11.7. The van der Waals surface area contributed by atoms with E-state index in [-0.39, 0.29) is 11.5 Å². The van der Waals surface area contributed by atoms with Crippen LogP contribution in [0, 0.1) is 18.3 Å². The van der Waals surface area contributed by atoms with E-state index in [4.69, 9.17) is 5.26 Å². The minimum absolute atomic E-state index is 0.151. The van der Waals surface area contributed by atoms with E-state index in [2.05, 4.69) is 25.7 Å². The summed E-state index contributed by atoms with van der Waals surface area (Å²) in [6, 6.07) is 1.92. The van der Waals surface area contributed by atoms with Gasteiger partial charge in [0.15, 0.2) is 0 Å². The third-order valence-electron chi connectivity index (χ3n) is 2.82. The molecular formula is C12H12F3N7. The molecule has 0 radical (unpaired) electrons. The fourth-order valence-corrected chi connectivity index (χ4v) is 1.73. The summed E-state index contributed by atoms with van der Waals surface area (Å²) < 4.78 is 38.0. The lowest BCUT2D eigenvalue weighted by atomic mass is 10.3. The molecule has 2 aromatic rings. The number of hydrogen-bond acceptors (Lipinski definition) is 6. The average Bonchev–Trinajstić information content (AvgIpc) is 2.78. The molecule has 0 unspecified atom stereocenters. The molecule has 0 saturated carbocycles. The highest BCUT2D eigenvalue weighted by atomic mass is 19.4. The van der Waals surface area contributed by atoms with Crippen LogP contribution >= 0.6 is 0 Å². The highest BCUT2D eigenvalue weighted by molar-refractivity contribution is 5.59. The molecule has 0 spiro atoms. The van der Waals surface area contributed by atoms with Crippen molar-refractivity contribution in [2.24, 2.45) is 0 Å². The van der Waals surface area contributed by atoms with Gasteiger partial charge in [0.25, 0.3) is 0 Å². The quantitative estimate of drug-likeness (QED) is 0.899. The Morgan fingerprint density at radius 2 is 2.09 bits per heavy atom. The average molecular weight is 311 g/mol. The van der Waals surface area contributed by atoms with E-state index >= 15 is 0 Å². The number of nitrogens with zero attached hydrogens (tertiary/aromatic N) is 5. The third kappa shape index (κ3) is 3.43. The lowest BCUT2D eigenvalue weighted by molar-refractivity contribution is -0.142. The summed E-state index contributed by atoms with van der Waals surface area (Å²) in [7, 11) is 1.60. The van der Waals surface area contributed by atoms with E-state index < -0.39 is 12.7 Å². The molecule has 0 aliphatic rings. The van der Waals surface area contributed by atoms with Crippen molar-refractivity contribution in [3.05, 3.63) is 23.7 Å². The first-order chi connectivity index (χ1) is 10.3. The maximum atomic E-state index is 12.4. The number of rotatable bonds is 4. The van der Waals surface area contributed by atoms with Crippen LogP contribution < -0.4 is 10.6 Å². The number of aromatic nitrogens is 4. The maximum absolute atomic E-state index is 12.4. The molecule has 10 heteroatoms. The molecule has 22 heavy (non-hydrogen) atoms. The first-order valence-electron chi connectivity index (χ1n) is 6.15. The van der Waals surface area contributed by atoms with Gasteiger partial charge in [-0.05, 0) is 6.92 Å². The van der Waals surface area contributed by atoms with Crippen LogP contribution in [0.5, 0.6) is 0 Å². The molecular weight excluding hydrogens is 299 g/mol. The molecule has 0 aliphatic heterocycles. The molecule has 116 valence electrons. The van der Waals surface area contributed by atoms with Crippen molar-refractivity contribution in [3.8, 4) is 6.07 Å². The van der Waals surface area contributed by atoms with Crippen molar-refractivity contribution in [1.29, 1.82) is 5.26 Å². The molecule has 0 bridgehead atoms. The summed E-state index contributed by atoms with van der Waals surface area (Å²) in [4.78, 5) is 8.00. The second-order valence-electron chi connectivity index (χ2n) is 4.36. The van der Waals surface area contributed by atoms with E-state index in [9.17, 15) is 13.2 Å². The smallest absolute Gasteiger partial charge is 0.372 e. The number of alkyl halides is 3. The lowest BCUT2D eigenvalue weighted by Crippen LogP contribution is -2.19. The summed E-state index contributed by atoms with van der Waals surface area (Å²) in [5, 5.41) is 18.1. The zero-order valence-electron chi connectivity index (χ0n) is 11.7. The summed E-state index contributed by atoms with van der Waals surface area (Å²) in [5.41, 5.74) is 0.921. The van der Waals surface area contributed by atoms with Crippen LogP contribution in [0.25, 0.3) is 0 Å². The van der Waals surface area contributed by atoms with E-state index in [1.807, 2.05) is 6.07 Å². The van der Waals surface area contributed by atoms with Crippen molar-refractivity contribution in [1.82, 2.24) is 19.7 Å². The van der Waals surface area contributed by atoms with Gasteiger partial charge < -0.3 is 10.6 Å². The van der Waals surface area contributed by atoms with Crippen LogP contribution in [0.2, 0.25) is 0 Å². The molecule has 0 aromatic carbocycles. The van der Waals surface area contributed by atoms with Gasteiger partial charge >= 0.3 is 6.18 Å². The van der Waals surface area contributed by atoms with Gasteiger partial charge in [0.05, 0.1) is 23.8 Å². The molecule has 2 aromatic heterocycles. The maximum Gasteiger partial charge on any atom is 0.408 e. The Kier molecular flexibility index (Phi) is 4.16. The first-order valence-corrected chi connectivity index (χ1v) is 6.15. The van der Waals surface area contributed by atoms with Crippen LogP contribution in [-0.4, -0.2) is 33.0 Å². The fraction of sp³-hybridized carbons (Fsp3) is 0.333. The SMILES string of the molecule is CNc1nc(Nc2cnn(CC(F)(F)F)c2C)ncc1C#N. The second-order valence-corrected chi connectivity index (χ2v) is 4.36. The molecule has 2 rings (SSSR count).